The Hall–Kier alpha value is -1.56. The molecule has 124 valence electrons. The molecule has 1 aromatic heterocycles. The normalized spacial score (nSPS) is 15.2. The molecule has 6 heteroatoms. The van der Waals surface area contributed by atoms with Gasteiger partial charge in [-0.05, 0) is 32.6 Å². The molecule has 0 bridgehead atoms. The van der Waals surface area contributed by atoms with Crippen LogP contribution in [0.2, 0.25) is 0 Å². The van der Waals surface area contributed by atoms with Gasteiger partial charge in [0.15, 0.2) is 5.96 Å². The van der Waals surface area contributed by atoms with Crippen molar-refractivity contribution in [1.82, 2.24) is 20.0 Å². The molecule has 1 aliphatic rings. The van der Waals surface area contributed by atoms with Crippen molar-refractivity contribution >= 4 is 5.96 Å². The summed E-state index contributed by atoms with van der Waals surface area (Å²) >= 11 is 0. The highest BCUT2D eigenvalue weighted by Crippen LogP contribution is 2.28. The number of nitrogens with one attached hydrogen (secondary N) is 1. The molecule has 1 aromatic rings. The zero-order valence-corrected chi connectivity index (χ0v) is 14.5. The van der Waals surface area contributed by atoms with Crippen molar-refractivity contribution in [2.24, 2.45) is 18.0 Å². The highest BCUT2D eigenvalue weighted by molar-refractivity contribution is 5.79. The maximum absolute atomic E-state index is 5.69. The summed E-state index contributed by atoms with van der Waals surface area (Å²) in [6.07, 6.45) is 2.67. The molecule has 0 spiro atoms. The van der Waals surface area contributed by atoms with Crippen LogP contribution in [0.15, 0.2) is 4.99 Å². The number of hydrogen-bond donors (Lipinski definition) is 1. The largest absolute Gasteiger partial charge is 0.379 e. The topological polar surface area (TPSA) is 54.7 Å². The predicted molar refractivity (Wildman–Crippen MR) is 89.1 cm³/mol. The second kappa shape index (κ2) is 7.63. The highest BCUT2D eigenvalue weighted by Gasteiger charge is 2.21. The number of rotatable bonds is 7. The summed E-state index contributed by atoms with van der Waals surface area (Å²) in [6.45, 7) is 7.38. The van der Waals surface area contributed by atoms with E-state index in [0.717, 1.165) is 43.9 Å². The Balaban J connectivity index is 1.77. The fourth-order valence-corrected chi connectivity index (χ4v) is 2.47. The van der Waals surface area contributed by atoms with Crippen LogP contribution >= 0.6 is 0 Å². The fraction of sp³-hybridized carbons (Fsp3) is 0.750. The van der Waals surface area contributed by atoms with E-state index >= 15 is 0 Å². The van der Waals surface area contributed by atoms with Crippen LogP contribution in [0.5, 0.6) is 0 Å². The number of nitrogens with zero attached hydrogens (tertiary/aromatic N) is 4. The average molecular weight is 307 g/mol. The third kappa shape index (κ3) is 4.47. The molecule has 1 aliphatic carbocycles. The molecule has 0 atom stereocenters. The molecule has 0 unspecified atom stereocenters. The third-order valence-corrected chi connectivity index (χ3v) is 4.28. The number of aromatic nitrogens is 2. The summed E-state index contributed by atoms with van der Waals surface area (Å²) < 4.78 is 7.61. The Morgan fingerprint density at radius 1 is 1.45 bits per heavy atom. The molecule has 1 saturated carbocycles. The van der Waals surface area contributed by atoms with E-state index in [1.807, 2.05) is 32.7 Å². The lowest BCUT2D eigenvalue weighted by molar-refractivity contribution is 0.115. The summed E-state index contributed by atoms with van der Waals surface area (Å²) in [4.78, 5) is 6.45. The van der Waals surface area contributed by atoms with Crippen LogP contribution in [0.25, 0.3) is 0 Å². The van der Waals surface area contributed by atoms with E-state index in [-0.39, 0.29) is 0 Å². The monoisotopic (exact) mass is 307 g/mol. The predicted octanol–water partition coefficient (Wildman–Crippen LogP) is 1.47. The molecular formula is C16H29N5O. The van der Waals surface area contributed by atoms with Gasteiger partial charge >= 0.3 is 0 Å². The van der Waals surface area contributed by atoms with Crippen molar-refractivity contribution in [3.8, 4) is 0 Å². The van der Waals surface area contributed by atoms with Gasteiger partial charge in [0, 0.05) is 52.1 Å². The summed E-state index contributed by atoms with van der Waals surface area (Å²) in [6, 6.07) is 0. The SMILES string of the molecule is CN=C(NCc1c(C)nn(C)c1C)N(C)CCOCC1CC1. The van der Waals surface area contributed by atoms with Gasteiger partial charge in [0.05, 0.1) is 12.3 Å². The Morgan fingerprint density at radius 3 is 2.73 bits per heavy atom. The van der Waals surface area contributed by atoms with Gasteiger partial charge in [-0.1, -0.05) is 0 Å². The minimum atomic E-state index is 0.742. The Kier molecular flexibility index (Phi) is 5.83. The quantitative estimate of drug-likeness (QED) is 0.471. The first-order valence-electron chi connectivity index (χ1n) is 8.01. The number of ether oxygens (including phenoxy) is 1. The second-order valence-corrected chi connectivity index (χ2v) is 6.11. The molecule has 0 aromatic carbocycles. The van der Waals surface area contributed by atoms with Gasteiger partial charge in [-0.3, -0.25) is 9.67 Å². The molecule has 2 rings (SSSR count). The first kappa shape index (κ1) is 16.8. The van der Waals surface area contributed by atoms with Crippen molar-refractivity contribution < 1.29 is 4.74 Å². The van der Waals surface area contributed by atoms with E-state index in [9.17, 15) is 0 Å². The Morgan fingerprint density at radius 2 is 2.18 bits per heavy atom. The molecule has 0 saturated heterocycles. The standard InChI is InChI=1S/C16H29N5O/c1-12-15(13(2)21(5)19-12)10-18-16(17-3)20(4)8-9-22-11-14-6-7-14/h14H,6-11H2,1-5H3,(H,17,18). The van der Waals surface area contributed by atoms with E-state index in [2.05, 4.69) is 27.2 Å². The van der Waals surface area contributed by atoms with E-state index in [1.54, 1.807) is 0 Å². The van der Waals surface area contributed by atoms with Crippen LogP contribution in [0.3, 0.4) is 0 Å². The Labute approximate surface area is 133 Å². The number of guanidine groups is 1. The number of likely N-dealkylation sites (N-methyl/N-ethyl adjacent to an activating group) is 1. The van der Waals surface area contributed by atoms with Crippen LogP contribution in [0.4, 0.5) is 0 Å². The lowest BCUT2D eigenvalue weighted by Gasteiger charge is -2.22. The maximum atomic E-state index is 5.69. The van der Waals surface area contributed by atoms with Gasteiger partial charge in [-0.2, -0.15) is 5.10 Å². The van der Waals surface area contributed by atoms with Crippen molar-refractivity contribution in [3.63, 3.8) is 0 Å². The molecule has 0 amide bonds. The maximum Gasteiger partial charge on any atom is 0.193 e. The van der Waals surface area contributed by atoms with Crippen molar-refractivity contribution in [2.45, 2.75) is 33.2 Å². The lowest BCUT2D eigenvalue weighted by Crippen LogP contribution is -2.40. The molecule has 1 heterocycles. The summed E-state index contributed by atoms with van der Waals surface area (Å²) in [5, 5.41) is 7.86. The molecular weight excluding hydrogens is 278 g/mol. The summed E-state index contributed by atoms with van der Waals surface area (Å²) in [7, 11) is 5.83. The number of hydrogen-bond acceptors (Lipinski definition) is 3. The second-order valence-electron chi connectivity index (χ2n) is 6.11. The van der Waals surface area contributed by atoms with Crippen LogP contribution in [0, 0.1) is 19.8 Å². The van der Waals surface area contributed by atoms with E-state index in [4.69, 9.17) is 4.74 Å². The van der Waals surface area contributed by atoms with Gasteiger partial charge in [-0.25, -0.2) is 0 Å². The minimum Gasteiger partial charge on any atom is -0.379 e. The fourth-order valence-electron chi connectivity index (χ4n) is 2.47. The molecule has 22 heavy (non-hydrogen) atoms. The minimum absolute atomic E-state index is 0.742. The lowest BCUT2D eigenvalue weighted by atomic mass is 10.2. The summed E-state index contributed by atoms with van der Waals surface area (Å²) in [5.74, 6) is 1.71. The first-order chi connectivity index (χ1) is 10.5. The number of aryl methyl sites for hydroxylation is 2. The van der Waals surface area contributed by atoms with E-state index in [0.29, 0.717) is 0 Å². The van der Waals surface area contributed by atoms with Crippen molar-refractivity contribution in [1.29, 1.82) is 0 Å². The molecule has 1 N–H and O–H groups in total. The van der Waals surface area contributed by atoms with Gasteiger partial charge in [0.2, 0.25) is 0 Å². The zero-order chi connectivity index (χ0) is 16.1. The highest BCUT2D eigenvalue weighted by atomic mass is 16.5. The van der Waals surface area contributed by atoms with Gasteiger partial charge in [0.25, 0.3) is 0 Å². The van der Waals surface area contributed by atoms with Gasteiger partial charge in [-0.15, -0.1) is 0 Å². The zero-order valence-electron chi connectivity index (χ0n) is 14.5. The van der Waals surface area contributed by atoms with Crippen LogP contribution in [-0.4, -0.2) is 54.5 Å². The van der Waals surface area contributed by atoms with Gasteiger partial charge < -0.3 is 15.0 Å². The van der Waals surface area contributed by atoms with Crippen LogP contribution < -0.4 is 5.32 Å². The number of aliphatic imine (C=N–C) groups is 1. The van der Waals surface area contributed by atoms with Crippen LogP contribution in [0.1, 0.15) is 29.8 Å². The smallest absolute Gasteiger partial charge is 0.193 e. The average Bonchev–Trinajstić information content (AvgIpc) is 3.27. The van der Waals surface area contributed by atoms with Crippen molar-refractivity contribution in [2.75, 3.05) is 33.9 Å². The molecule has 1 fully saturated rings. The van der Waals surface area contributed by atoms with Gasteiger partial charge in [0.1, 0.15) is 0 Å². The summed E-state index contributed by atoms with van der Waals surface area (Å²) in [5.41, 5.74) is 3.50. The first-order valence-corrected chi connectivity index (χ1v) is 8.01. The van der Waals surface area contributed by atoms with E-state index < -0.39 is 0 Å². The molecule has 0 aliphatic heterocycles. The Bertz CT molecular complexity index is 519. The van der Waals surface area contributed by atoms with E-state index in [1.165, 1.54) is 24.1 Å². The molecule has 0 radical (unpaired) electrons. The van der Waals surface area contributed by atoms with Crippen molar-refractivity contribution in [3.05, 3.63) is 17.0 Å². The van der Waals surface area contributed by atoms with Crippen LogP contribution in [-0.2, 0) is 18.3 Å². The molecule has 6 nitrogen and oxygen atoms in total. The third-order valence-electron chi connectivity index (χ3n) is 4.28.